The lowest BCUT2D eigenvalue weighted by Gasteiger charge is -2.31. The first-order valence-corrected chi connectivity index (χ1v) is 19.5. The number of para-hydroxylation sites is 2. The number of carbonyl (C=O) groups is 5. The second kappa shape index (κ2) is 19.5. The first-order valence-electron chi connectivity index (χ1n) is 19.5. The zero-order valence-corrected chi connectivity index (χ0v) is 32.0. The van der Waals surface area contributed by atoms with Crippen molar-refractivity contribution in [2.24, 2.45) is 5.73 Å². The Balaban J connectivity index is 1.24. The van der Waals surface area contributed by atoms with Crippen molar-refractivity contribution >= 4 is 40.9 Å². The number of carbonyl (C=O) groups excluding carboxylic acids is 5. The van der Waals surface area contributed by atoms with Crippen LogP contribution in [-0.2, 0) is 32.1 Å². The molecule has 4 N–H and O–H groups in total. The average molecular weight is 803 g/mol. The zero-order valence-electron chi connectivity index (χ0n) is 32.0. The number of benzene rings is 3. The number of hydrogen-bond donors (Lipinski definition) is 3. The van der Waals surface area contributed by atoms with Crippen molar-refractivity contribution in [2.75, 3.05) is 26.2 Å². The topological polar surface area (TPSA) is 186 Å². The maximum Gasteiger partial charge on any atom is 0.410 e. The minimum absolute atomic E-state index is 0.0544. The molecule has 0 unspecified atom stereocenters. The average Bonchev–Trinajstić information content (AvgIpc) is 3.86. The minimum atomic E-state index is -2.89. The molecule has 0 radical (unpaired) electrons. The van der Waals surface area contributed by atoms with Gasteiger partial charge in [-0.05, 0) is 61.9 Å². The second-order valence-corrected chi connectivity index (χ2v) is 14.6. The molecule has 0 aliphatic carbocycles. The first kappa shape index (κ1) is 41.7. The lowest BCUT2D eigenvalue weighted by Crippen LogP contribution is -2.55. The van der Waals surface area contributed by atoms with Gasteiger partial charge >= 0.3 is 12.2 Å². The number of aryl methyl sites for hydroxylation is 1. The highest BCUT2D eigenvalue weighted by Crippen LogP contribution is 2.29. The molecule has 0 bridgehead atoms. The third-order valence-electron chi connectivity index (χ3n) is 10.3. The van der Waals surface area contributed by atoms with Crippen LogP contribution in [0, 0.1) is 0 Å². The number of hydrogen-bond acceptors (Lipinski definition) is 10. The Labute approximate surface area is 334 Å². The fourth-order valence-electron chi connectivity index (χ4n) is 7.08. The van der Waals surface area contributed by atoms with Gasteiger partial charge in [-0.3, -0.25) is 14.4 Å². The van der Waals surface area contributed by atoms with Gasteiger partial charge in [-0.15, -0.1) is 0 Å². The molecule has 3 aromatic carbocycles. The molecule has 14 nitrogen and oxygen atoms in total. The van der Waals surface area contributed by atoms with Crippen molar-refractivity contribution in [3.8, 4) is 0 Å². The van der Waals surface area contributed by atoms with Crippen LogP contribution in [0.25, 0.3) is 11.1 Å². The van der Waals surface area contributed by atoms with Gasteiger partial charge in [0.2, 0.25) is 17.6 Å². The minimum Gasteiger partial charge on any atom is -0.445 e. The number of rotatable bonds is 16. The molecule has 2 saturated heterocycles. The largest absolute Gasteiger partial charge is 0.445 e. The lowest BCUT2D eigenvalue weighted by molar-refractivity contribution is -0.140. The maximum atomic E-state index is 14.6. The molecule has 4 aromatic rings. The summed E-state index contributed by atoms with van der Waals surface area (Å²) in [6, 6.07) is 21.6. The van der Waals surface area contributed by atoms with Gasteiger partial charge in [0.05, 0.1) is 12.6 Å². The van der Waals surface area contributed by atoms with E-state index < -0.39 is 72.8 Å². The van der Waals surface area contributed by atoms with E-state index in [1.807, 2.05) is 36.4 Å². The van der Waals surface area contributed by atoms with E-state index in [-0.39, 0.29) is 51.4 Å². The van der Waals surface area contributed by atoms with Gasteiger partial charge in [-0.2, -0.15) is 0 Å². The summed E-state index contributed by atoms with van der Waals surface area (Å²) in [6.07, 6.45) is -2.18. The number of halogens is 2. The van der Waals surface area contributed by atoms with Gasteiger partial charge in [-0.1, -0.05) is 72.8 Å². The van der Waals surface area contributed by atoms with Crippen LogP contribution in [0.5, 0.6) is 0 Å². The fraction of sp³-hybridized carbons (Fsp3) is 0.429. The van der Waals surface area contributed by atoms with E-state index >= 15 is 0 Å². The summed E-state index contributed by atoms with van der Waals surface area (Å²) in [4.78, 5) is 75.8. The standard InChI is InChI=1S/C42H48F2N6O8/c43-42(44)20-23-49(24-21-42)41(55)57-30-25-34(37(52)46-32(16-9-10-22-45)36(51)38-47-31-15-7-8-17-35(31)58-38)50(26-30)39(53)33(19-18-28-11-3-1-4-12-28)48-40(54)56-27-29-13-5-2-6-14-29/h1-8,11-15,17,30,32-34H,9-10,16,18-27,45H2,(H,46,52)(H,48,54)/t30-,32+,33-,34+/m1/s1. The highest BCUT2D eigenvalue weighted by Gasteiger charge is 2.45. The Morgan fingerprint density at radius 1 is 0.862 bits per heavy atom. The van der Waals surface area contributed by atoms with Crippen LogP contribution in [0.3, 0.4) is 0 Å². The summed E-state index contributed by atoms with van der Waals surface area (Å²) in [5, 5.41) is 5.48. The van der Waals surface area contributed by atoms with Gasteiger partial charge in [0.25, 0.3) is 11.8 Å². The van der Waals surface area contributed by atoms with Gasteiger partial charge in [0.1, 0.15) is 30.3 Å². The van der Waals surface area contributed by atoms with Gasteiger partial charge < -0.3 is 40.1 Å². The summed E-state index contributed by atoms with van der Waals surface area (Å²) < 4.78 is 44.7. The van der Waals surface area contributed by atoms with Crippen LogP contribution >= 0.6 is 0 Å². The Bertz CT molecular complexity index is 1990. The van der Waals surface area contributed by atoms with Gasteiger partial charge in [-0.25, -0.2) is 23.4 Å². The number of alkyl halides is 2. The number of amides is 4. The number of oxazole rings is 1. The van der Waals surface area contributed by atoms with Crippen LogP contribution in [0.15, 0.2) is 89.3 Å². The van der Waals surface area contributed by atoms with Crippen LogP contribution in [0.1, 0.15) is 66.8 Å². The van der Waals surface area contributed by atoms with Gasteiger partial charge in [0.15, 0.2) is 5.58 Å². The number of alkyl carbamates (subject to hydrolysis) is 1. The Kier molecular flexibility index (Phi) is 14.0. The normalized spacial score (nSPS) is 18.6. The second-order valence-electron chi connectivity index (χ2n) is 14.6. The number of likely N-dealkylation sites (tertiary alicyclic amines) is 2. The molecule has 2 aliphatic heterocycles. The Hall–Kier alpha value is -5.90. The van der Waals surface area contributed by atoms with E-state index in [0.29, 0.717) is 36.9 Å². The van der Waals surface area contributed by atoms with Crippen LogP contribution in [-0.4, -0.2) is 101 Å². The molecule has 308 valence electrons. The lowest BCUT2D eigenvalue weighted by atomic mass is 10.0. The van der Waals surface area contributed by atoms with Crippen molar-refractivity contribution < 1.29 is 46.6 Å². The van der Waals surface area contributed by atoms with E-state index in [0.717, 1.165) is 11.1 Å². The third kappa shape index (κ3) is 11.1. The Morgan fingerprint density at radius 3 is 2.22 bits per heavy atom. The molecule has 4 amide bonds. The van der Waals surface area contributed by atoms with Gasteiger partial charge in [0, 0.05) is 32.4 Å². The summed E-state index contributed by atoms with van der Waals surface area (Å²) >= 11 is 0. The third-order valence-corrected chi connectivity index (χ3v) is 10.3. The number of piperidine rings is 1. The number of nitrogens with zero attached hydrogens (tertiary/aromatic N) is 3. The zero-order chi connectivity index (χ0) is 41.1. The van der Waals surface area contributed by atoms with Crippen molar-refractivity contribution in [1.29, 1.82) is 0 Å². The SMILES string of the molecule is NCCCC[C@H](NC(=O)[C@@H]1C[C@@H](OC(=O)N2CCC(F)(F)CC2)CN1C(=O)[C@@H](CCc1ccccc1)NC(=O)OCc1ccccc1)C(=O)c1nc2ccccc2o1. The number of ketones is 1. The Morgan fingerprint density at radius 2 is 1.53 bits per heavy atom. The predicted molar refractivity (Wildman–Crippen MR) is 208 cm³/mol. The van der Waals surface area contributed by atoms with E-state index in [1.54, 1.807) is 48.5 Å². The summed E-state index contributed by atoms with van der Waals surface area (Å²) in [5.74, 6) is -5.02. The molecule has 2 fully saturated rings. The van der Waals surface area contributed by atoms with Crippen LogP contribution < -0.4 is 16.4 Å². The molecule has 16 heteroatoms. The molecule has 0 spiro atoms. The smallest absolute Gasteiger partial charge is 0.410 e. The van der Waals surface area contributed by atoms with Crippen LogP contribution in [0.2, 0.25) is 0 Å². The van der Waals surface area contributed by atoms with Crippen molar-refractivity contribution in [3.05, 3.63) is 102 Å². The van der Waals surface area contributed by atoms with E-state index in [9.17, 15) is 32.8 Å². The summed E-state index contributed by atoms with van der Waals surface area (Å²) in [6.45, 7) is -0.378. The molecule has 3 heterocycles. The monoisotopic (exact) mass is 802 g/mol. The number of aromatic nitrogens is 1. The first-order chi connectivity index (χ1) is 28.0. The molecular weight excluding hydrogens is 754 g/mol. The number of Topliss-reactive ketones (excluding diaryl/α,β-unsaturated/α-hetero) is 1. The number of unbranched alkanes of at least 4 members (excludes halogenated alkanes) is 1. The van der Waals surface area contributed by atoms with Crippen molar-refractivity contribution in [2.45, 2.75) is 88.1 Å². The van der Waals surface area contributed by atoms with E-state index in [2.05, 4.69) is 15.6 Å². The molecule has 0 saturated carbocycles. The quantitative estimate of drug-likeness (QED) is 0.0980. The summed E-state index contributed by atoms with van der Waals surface area (Å²) in [7, 11) is 0. The number of nitrogens with two attached hydrogens (primary N) is 1. The highest BCUT2D eigenvalue weighted by atomic mass is 19.3. The van der Waals surface area contributed by atoms with E-state index in [4.69, 9.17) is 19.6 Å². The van der Waals surface area contributed by atoms with Crippen molar-refractivity contribution in [3.63, 3.8) is 0 Å². The predicted octanol–water partition coefficient (Wildman–Crippen LogP) is 5.39. The number of nitrogens with one attached hydrogen (secondary N) is 2. The summed E-state index contributed by atoms with van der Waals surface area (Å²) in [5.41, 5.74) is 8.22. The maximum absolute atomic E-state index is 14.6. The van der Waals surface area contributed by atoms with E-state index in [1.165, 1.54) is 9.80 Å². The molecular formula is C42H48F2N6O8. The molecule has 2 aliphatic rings. The fourth-order valence-corrected chi connectivity index (χ4v) is 7.08. The highest BCUT2D eigenvalue weighted by molar-refractivity contribution is 6.01. The molecule has 1 aromatic heterocycles. The number of ether oxygens (including phenoxy) is 2. The molecule has 4 atom stereocenters. The molecule has 6 rings (SSSR count). The number of fused-ring (bicyclic) bond motifs is 1. The van der Waals surface area contributed by atoms with Crippen molar-refractivity contribution in [1.82, 2.24) is 25.4 Å². The van der Waals surface area contributed by atoms with Crippen LogP contribution in [0.4, 0.5) is 18.4 Å². The molecule has 58 heavy (non-hydrogen) atoms.